The van der Waals surface area contributed by atoms with Gasteiger partial charge in [0.2, 0.25) is 5.91 Å². The number of nitrogens with one attached hydrogen (secondary N) is 2. The fourth-order valence-corrected chi connectivity index (χ4v) is 3.87. The van der Waals surface area contributed by atoms with Gasteiger partial charge in [-0.2, -0.15) is 0 Å². The SMILES string of the molecule is Cc1ccc(NC(=O)CNC2(c3cccc(Br)c3)CCOCC2)c(C)c1. The molecule has 1 saturated heterocycles. The van der Waals surface area contributed by atoms with Crippen LogP contribution >= 0.6 is 15.9 Å². The van der Waals surface area contributed by atoms with Crippen molar-refractivity contribution in [2.24, 2.45) is 0 Å². The van der Waals surface area contributed by atoms with Crippen LogP contribution in [0.25, 0.3) is 0 Å². The summed E-state index contributed by atoms with van der Waals surface area (Å²) in [5, 5.41) is 6.53. The van der Waals surface area contributed by atoms with Crippen molar-refractivity contribution < 1.29 is 9.53 Å². The van der Waals surface area contributed by atoms with E-state index in [0.717, 1.165) is 28.6 Å². The maximum atomic E-state index is 12.5. The Hall–Kier alpha value is -1.69. The molecule has 1 aliphatic heterocycles. The summed E-state index contributed by atoms with van der Waals surface area (Å²) in [6.07, 6.45) is 1.70. The first-order valence-corrected chi connectivity index (χ1v) is 9.74. The minimum absolute atomic E-state index is 0.0298. The third-order valence-corrected chi connectivity index (χ3v) is 5.46. The molecule has 2 aromatic carbocycles. The van der Waals surface area contributed by atoms with E-state index >= 15 is 0 Å². The van der Waals surface area contributed by atoms with Gasteiger partial charge in [0.25, 0.3) is 0 Å². The maximum absolute atomic E-state index is 12.5. The number of amides is 1. The number of carbonyl (C=O) groups is 1. The Kier molecular flexibility index (Phi) is 6.12. The molecule has 0 bridgehead atoms. The normalized spacial score (nSPS) is 16.3. The predicted molar refractivity (Wildman–Crippen MR) is 108 cm³/mol. The zero-order chi connectivity index (χ0) is 18.6. The molecule has 0 spiro atoms. The summed E-state index contributed by atoms with van der Waals surface area (Å²) in [5.41, 5.74) is 4.09. The molecule has 1 amide bonds. The second-order valence-electron chi connectivity index (χ2n) is 6.92. The van der Waals surface area contributed by atoms with Crippen LogP contribution in [0.3, 0.4) is 0 Å². The summed E-state index contributed by atoms with van der Waals surface area (Å²) in [4.78, 5) is 12.5. The van der Waals surface area contributed by atoms with Crippen molar-refractivity contribution in [3.8, 4) is 0 Å². The minimum Gasteiger partial charge on any atom is -0.381 e. The molecule has 2 aromatic rings. The molecule has 2 N–H and O–H groups in total. The van der Waals surface area contributed by atoms with Gasteiger partial charge in [0.1, 0.15) is 0 Å². The minimum atomic E-state index is -0.234. The van der Waals surface area contributed by atoms with Gasteiger partial charge in [-0.05, 0) is 56.0 Å². The summed E-state index contributed by atoms with van der Waals surface area (Å²) < 4.78 is 6.60. The molecule has 1 heterocycles. The quantitative estimate of drug-likeness (QED) is 0.763. The second-order valence-corrected chi connectivity index (χ2v) is 7.84. The Balaban J connectivity index is 1.70. The van der Waals surface area contributed by atoms with Gasteiger partial charge < -0.3 is 10.1 Å². The molecule has 26 heavy (non-hydrogen) atoms. The lowest BCUT2D eigenvalue weighted by Gasteiger charge is -2.38. The molecule has 5 heteroatoms. The van der Waals surface area contributed by atoms with Gasteiger partial charge in [-0.1, -0.05) is 45.8 Å². The van der Waals surface area contributed by atoms with Crippen molar-refractivity contribution in [3.05, 3.63) is 63.6 Å². The summed E-state index contributed by atoms with van der Waals surface area (Å²) in [6, 6.07) is 14.3. The van der Waals surface area contributed by atoms with E-state index in [1.807, 2.05) is 38.1 Å². The van der Waals surface area contributed by atoms with E-state index in [0.29, 0.717) is 13.2 Å². The number of ether oxygens (including phenoxy) is 1. The predicted octanol–water partition coefficient (Wildman–Crippen LogP) is 4.30. The highest BCUT2D eigenvalue weighted by atomic mass is 79.9. The zero-order valence-corrected chi connectivity index (χ0v) is 16.9. The van der Waals surface area contributed by atoms with E-state index in [1.54, 1.807) is 0 Å². The third kappa shape index (κ3) is 4.53. The summed E-state index contributed by atoms with van der Waals surface area (Å²) in [6.45, 7) is 5.71. The largest absolute Gasteiger partial charge is 0.381 e. The molecule has 4 nitrogen and oxygen atoms in total. The molecular formula is C21H25BrN2O2. The van der Waals surface area contributed by atoms with Crippen molar-refractivity contribution in [2.75, 3.05) is 25.1 Å². The van der Waals surface area contributed by atoms with Crippen molar-refractivity contribution in [2.45, 2.75) is 32.2 Å². The zero-order valence-electron chi connectivity index (χ0n) is 15.3. The van der Waals surface area contributed by atoms with Crippen LogP contribution in [-0.2, 0) is 15.1 Å². The van der Waals surface area contributed by atoms with E-state index in [2.05, 4.69) is 44.8 Å². The van der Waals surface area contributed by atoms with Gasteiger partial charge >= 0.3 is 0 Å². The molecule has 0 atom stereocenters. The molecule has 1 fully saturated rings. The Morgan fingerprint density at radius 3 is 2.62 bits per heavy atom. The number of anilines is 1. The van der Waals surface area contributed by atoms with Gasteiger partial charge in [-0.25, -0.2) is 0 Å². The average Bonchev–Trinajstić information content (AvgIpc) is 2.63. The van der Waals surface area contributed by atoms with Gasteiger partial charge in [-0.15, -0.1) is 0 Å². The van der Waals surface area contributed by atoms with Crippen LogP contribution in [0, 0.1) is 13.8 Å². The fourth-order valence-electron chi connectivity index (χ4n) is 3.47. The molecule has 0 unspecified atom stereocenters. The third-order valence-electron chi connectivity index (χ3n) is 4.97. The number of carbonyl (C=O) groups excluding carboxylic acids is 1. The van der Waals surface area contributed by atoms with Gasteiger partial charge in [0.05, 0.1) is 6.54 Å². The van der Waals surface area contributed by atoms with Gasteiger partial charge in [0.15, 0.2) is 0 Å². The van der Waals surface area contributed by atoms with Crippen LogP contribution in [0.5, 0.6) is 0 Å². The summed E-state index contributed by atoms with van der Waals surface area (Å²) >= 11 is 3.55. The van der Waals surface area contributed by atoms with Crippen LogP contribution in [0.15, 0.2) is 46.9 Å². The number of rotatable bonds is 5. The maximum Gasteiger partial charge on any atom is 0.238 e. The van der Waals surface area contributed by atoms with Crippen molar-refractivity contribution >= 4 is 27.5 Å². The van der Waals surface area contributed by atoms with E-state index in [4.69, 9.17) is 4.74 Å². The van der Waals surface area contributed by atoms with Crippen LogP contribution < -0.4 is 10.6 Å². The molecule has 0 radical (unpaired) electrons. The highest BCUT2D eigenvalue weighted by molar-refractivity contribution is 9.10. The fraction of sp³-hybridized carbons (Fsp3) is 0.381. The van der Waals surface area contributed by atoms with E-state index in [9.17, 15) is 4.79 Å². The number of aryl methyl sites for hydroxylation is 2. The van der Waals surface area contributed by atoms with E-state index in [-0.39, 0.29) is 18.0 Å². The van der Waals surface area contributed by atoms with E-state index < -0.39 is 0 Å². The lowest BCUT2D eigenvalue weighted by Crippen LogP contribution is -2.49. The number of halogens is 1. The molecule has 1 aliphatic rings. The molecular weight excluding hydrogens is 392 g/mol. The first-order valence-electron chi connectivity index (χ1n) is 8.94. The van der Waals surface area contributed by atoms with Crippen molar-refractivity contribution in [3.63, 3.8) is 0 Å². The monoisotopic (exact) mass is 416 g/mol. The first kappa shape index (κ1) is 19.1. The number of benzene rings is 2. The standard InChI is InChI=1S/C21H25BrN2O2/c1-15-6-7-19(16(2)12-15)24-20(25)14-23-21(8-10-26-11-9-21)17-4-3-5-18(22)13-17/h3-7,12-13,23H,8-11,14H2,1-2H3,(H,24,25). The number of hydrogen-bond acceptors (Lipinski definition) is 3. The highest BCUT2D eigenvalue weighted by Crippen LogP contribution is 2.33. The van der Waals surface area contributed by atoms with Crippen LogP contribution in [0.4, 0.5) is 5.69 Å². The molecule has 0 aromatic heterocycles. The lowest BCUT2D eigenvalue weighted by atomic mass is 9.82. The molecule has 138 valence electrons. The summed E-state index contributed by atoms with van der Waals surface area (Å²) in [5.74, 6) is -0.0298. The molecule has 0 aliphatic carbocycles. The topological polar surface area (TPSA) is 50.4 Å². The lowest BCUT2D eigenvalue weighted by molar-refractivity contribution is -0.116. The number of hydrogen-bond donors (Lipinski definition) is 2. The van der Waals surface area contributed by atoms with Gasteiger partial charge in [0, 0.05) is 28.9 Å². The van der Waals surface area contributed by atoms with Crippen molar-refractivity contribution in [1.82, 2.24) is 5.32 Å². The smallest absolute Gasteiger partial charge is 0.238 e. The first-order chi connectivity index (χ1) is 12.5. The average molecular weight is 417 g/mol. The van der Waals surface area contributed by atoms with Crippen LogP contribution in [-0.4, -0.2) is 25.7 Å². The van der Waals surface area contributed by atoms with Gasteiger partial charge in [-0.3, -0.25) is 10.1 Å². The molecule has 3 rings (SSSR count). The second kappa shape index (κ2) is 8.33. The van der Waals surface area contributed by atoms with E-state index in [1.165, 1.54) is 11.1 Å². The Labute approximate surface area is 163 Å². The van der Waals surface area contributed by atoms with Crippen LogP contribution in [0.1, 0.15) is 29.5 Å². The Bertz CT molecular complexity index is 785. The highest BCUT2D eigenvalue weighted by Gasteiger charge is 2.34. The Morgan fingerprint density at radius 2 is 1.92 bits per heavy atom. The Morgan fingerprint density at radius 1 is 1.15 bits per heavy atom. The summed E-state index contributed by atoms with van der Waals surface area (Å²) in [7, 11) is 0. The molecule has 0 saturated carbocycles. The van der Waals surface area contributed by atoms with Crippen molar-refractivity contribution in [1.29, 1.82) is 0 Å². The van der Waals surface area contributed by atoms with Crippen LogP contribution in [0.2, 0.25) is 0 Å².